The Labute approximate surface area is 214 Å². The highest BCUT2D eigenvalue weighted by atomic mass is 16.3. The minimum atomic E-state index is -0.644. The van der Waals surface area contributed by atoms with Crippen LogP contribution in [-0.4, -0.2) is 0 Å². The van der Waals surface area contributed by atoms with Gasteiger partial charge in [0, 0.05) is 10.8 Å². The lowest BCUT2D eigenvalue weighted by Crippen LogP contribution is -1.90. The molecule has 154 valence electrons. The van der Waals surface area contributed by atoms with Gasteiger partial charge in [0.05, 0.1) is 21.9 Å². The molecule has 0 bridgehead atoms. The second-order valence-electron chi connectivity index (χ2n) is 7.32. The van der Waals surface area contributed by atoms with Crippen LogP contribution < -0.4 is 0 Å². The van der Waals surface area contributed by atoms with Crippen molar-refractivity contribution in [3.63, 3.8) is 0 Å². The van der Waals surface area contributed by atoms with Crippen LogP contribution in [0.25, 0.3) is 65.7 Å². The highest BCUT2D eigenvalue weighted by Crippen LogP contribution is 2.44. The fraction of sp³-hybridized carbons (Fsp3) is 0. The maximum absolute atomic E-state index is 9.29. The summed E-state index contributed by atoms with van der Waals surface area (Å²) in [6, 6.07) is -3.15. The van der Waals surface area contributed by atoms with Gasteiger partial charge in [-0.3, -0.25) is 0 Å². The highest BCUT2D eigenvalue weighted by Gasteiger charge is 2.17. The minimum Gasteiger partial charge on any atom is -0.456 e. The lowest BCUT2D eigenvalue weighted by Gasteiger charge is -2.17. The monoisotopic (exact) mass is 436 g/mol. The molecule has 0 atom stereocenters. The van der Waals surface area contributed by atoms with Gasteiger partial charge in [-0.1, -0.05) is 103 Å². The van der Waals surface area contributed by atoms with Crippen molar-refractivity contribution in [2.45, 2.75) is 0 Å². The Hall–Kier alpha value is -4.36. The van der Waals surface area contributed by atoms with Crippen molar-refractivity contribution in [1.29, 1.82) is 0 Å². The molecule has 1 heteroatoms. The largest absolute Gasteiger partial charge is 0.456 e. The van der Waals surface area contributed by atoms with Gasteiger partial charge >= 0.3 is 0 Å². The molecule has 1 nitrogen and oxygen atoms in total. The number of furan rings is 1. The third-order valence-electron chi connectivity index (χ3n) is 5.58. The van der Waals surface area contributed by atoms with Gasteiger partial charge in [0.1, 0.15) is 11.2 Å². The highest BCUT2D eigenvalue weighted by molar-refractivity contribution is 6.22. The average Bonchev–Trinajstić information content (AvgIpc) is 3.47. The van der Waals surface area contributed by atoms with Crippen molar-refractivity contribution in [3.05, 3.63) is 121 Å². The van der Waals surface area contributed by atoms with Crippen molar-refractivity contribution in [1.82, 2.24) is 0 Å². The maximum Gasteiger partial charge on any atom is 0.136 e. The number of rotatable bonds is 2. The predicted octanol–water partition coefficient (Wildman–Crippen LogP) is 9.23. The van der Waals surface area contributed by atoms with Gasteiger partial charge in [-0.2, -0.15) is 0 Å². The molecule has 0 spiro atoms. The zero-order valence-electron chi connectivity index (χ0n) is 32.7. The number of hydrogen-bond acceptors (Lipinski definition) is 1. The van der Waals surface area contributed by atoms with Gasteiger partial charge in [0.25, 0.3) is 0 Å². The fourth-order valence-corrected chi connectivity index (χ4v) is 4.22. The van der Waals surface area contributed by atoms with Crippen LogP contribution in [0.4, 0.5) is 0 Å². The van der Waals surface area contributed by atoms with Crippen molar-refractivity contribution in [3.8, 4) is 22.3 Å². The average molecular weight is 437 g/mol. The first-order valence-corrected chi connectivity index (χ1v) is 9.97. The zero-order valence-corrected chi connectivity index (χ0v) is 16.7. The molecule has 0 aliphatic rings. The summed E-state index contributed by atoms with van der Waals surface area (Å²) in [6.07, 6.45) is 0. The van der Waals surface area contributed by atoms with E-state index in [1.807, 2.05) is 0 Å². The molecule has 1 heterocycles. The van der Waals surface area contributed by atoms with E-state index < -0.39 is 72.5 Å². The van der Waals surface area contributed by atoms with Crippen LogP contribution in [0, 0.1) is 0 Å². The number of benzene rings is 6. The lowest BCUT2D eigenvalue weighted by molar-refractivity contribution is 0.669. The van der Waals surface area contributed by atoms with Gasteiger partial charge in [-0.25, -0.2) is 0 Å². The van der Waals surface area contributed by atoms with Gasteiger partial charge < -0.3 is 4.42 Å². The molecule has 0 saturated carbocycles. The van der Waals surface area contributed by atoms with E-state index in [9.17, 15) is 1.37 Å². The molecule has 0 unspecified atom stereocenters. The second kappa shape index (κ2) is 7.08. The van der Waals surface area contributed by atoms with Crippen LogP contribution in [0.1, 0.15) is 21.9 Å². The Bertz CT molecular complexity index is 2580. The molecule has 0 radical (unpaired) electrons. The Morgan fingerprint density at radius 2 is 0.970 bits per heavy atom. The van der Waals surface area contributed by atoms with Crippen molar-refractivity contribution in [2.24, 2.45) is 0 Å². The van der Waals surface area contributed by atoms with Crippen LogP contribution in [0.15, 0.2) is 125 Å². The number of fused-ring (bicyclic) bond motifs is 5. The summed E-state index contributed by atoms with van der Waals surface area (Å²) >= 11 is 0. The van der Waals surface area contributed by atoms with Crippen LogP contribution in [0.3, 0.4) is 0 Å². The summed E-state index contributed by atoms with van der Waals surface area (Å²) in [7, 11) is 0. The molecule has 33 heavy (non-hydrogen) atoms. The third kappa shape index (κ3) is 2.73. The van der Waals surface area contributed by atoms with Gasteiger partial charge in [0.15, 0.2) is 0 Å². The van der Waals surface area contributed by atoms with E-state index in [-0.39, 0.29) is 89.9 Å². The van der Waals surface area contributed by atoms with Crippen LogP contribution >= 0.6 is 0 Å². The molecule has 0 fully saturated rings. The topological polar surface area (TPSA) is 13.1 Å². The van der Waals surface area contributed by atoms with Crippen molar-refractivity contribution >= 4 is 43.5 Å². The predicted molar refractivity (Wildman–Crippen MR) is 140 cm³/mol. The summed E-state index contributed by atoms with van der Waals surface area (Å²) < 4.78 is 143. The standard InChI is InChI=1S/C32H20O/c1-2-10-21(11-3-1)31-25-13-4-6-15-27(25)32(28-16-7-5-14-26(28)31)22-18-19-24-23-12-8-9-17-29(23)33-30(24)20-22/h1-20H/i1D,2D,3D,4D,5D,6D,7D,8D,9D,10D,11D,12D,17D,18D,19D,20D. The molecule has 0 saturated heterocycles. The van der Waals surface area contributed by atoms with Crippen molar-refractivity contribution in [2.75, 3.05) is 0 Å². The zero-order chi connectivity index (χ0) is 35.7. The first-order valence-electron chi connectivity index (χ1n) is 18.0. The molecule has 6 aromatic carbocycles. The summed E-state index contributed by atoms with van der Waals surface area (Å²) in [5.74, 6) is 0. The van der Waals surface area contributed by atoms with Gasteiger partial charge in [-0.15, -0.1) is 0 Å². The molecule has 7 rings (SSSR count). The number of para-hydroxylation sites is 1. The Kier molecular flexibility index (Phi) is 1.83. The Morgan fingerprint density at radius 3 is 1.64 bits per heavy atom. The molecule has 0 aliphatic carbocycles. The molecular weight excluding hydrogens is 400 g/mol. The van der Waals surface area contributed by atoms with E-state index in [4.69, 9.17) is 25.0 Å². The molecular formula is C32H20O. The van der Waals surface area contributed by atoms with Crippen LogP contribution in [-0.2, 0) is 0 Å². The summed E-state index contributed by atoms with van der Waals surface area (Å²) in [6.45, 7) is 0. The van der Waals surface area contributed by atoms with E-state index in [1.54, 1.807) is 0 Å². The van der Waals surface area contributed by atoms with Crippen LogP contribution in [0.2, 0.25) is 0 Å². The van der Waals surface area contributed by atoms with Gasteiger partial charge in [-0.05, 0) is 61.9 Å². The van der Waals surface area contributed by atoms with Gasteiger partial charge in [0.2, 0.25) is 0 Å². The van der Waals surface area contributed by atoms with E-state index in [2.05, 4.69) is 0 Å². The Morgan fingerprint density at radius 1 is 0.424 bits per heavy atom. The van der Waals surface area contributed by atoms with Crippen molar-refractivity contribution < 1.29 is 26.3 Å². The molecule has 7 aromatic rings. The number of hydrogen-bond donors (Lipinski definition) is 0. The second-order valence-corrected chi connectivity index (χ2v) is 7.32. The maximum atomic E-state index is 9.29. The molecule has 0 N–H and O–H groups in total. The fourth-order valence-electron chi connectivity index (χ4n) is 4.22. The lowest BCUT2D eigenvalue weighted by atomic mass is 9.86. The smallest absolute Gasteiger partial charge is 0.136 e. The molecule has 1 aromatic heterocycles. The quantitative estimate of drug-likeness (QED) is 0.246. The Balaban J connectivity index is 1.77. The van der Waals surface area contributed by atoms with E-state index in [0.29, 0.717) is 0 Å². The first-order chi connectivity index (χ1) is 23.0. The SMILES string of the molecule is [2H]c1cc2c(-c3c([2H])c([2H])c([2H])c([2H])c3[2H])c3cc([2H])c([2H])cc3c(-c3c([2H])c([2H])c4c(oc5c([2H])c([2H])c([2H])c([2H])c54)c3[2H])c2cc1[2H]. The minimum absolute atomic E-state index is 0.00497. The third-order valence-corrected chi connectivity index (χ3v) is 5.58. The van der Waals surface area contributed by atoms with Crippen LogP contribution in [0.5, 0.6) is 0 Å². The summed E-state index contributed by atoms with van der Waals surface area (Å²) in [4.78, 5) is 0. The molecule has 0 aliphatic heterocycles. The van der Waals surface area contributed by atoms with E-state index in [0.717, 1.165) is 0 Å². The molecule has 0 amide bonds. The first kappa shape index (κ1) is 8.53. The van der Waals surface area contributed by atoms with E-state index >= 15 is 0 Å². The summed E-state index contributed by atoms with van der Waals surface area (Å²) in [5.41, 5.74) is -1.13. The normalized spacial score (nSPS) is 18.4. The van der Waals surface area contributed by atoms with E-state index in [1.165, 1.54) is 24.3 Å². The summed E-state index contributed by atoms with van der Waals surface area (Å²) in [5, 5.41) is -0.0515.